The molecule has 1 saturated carbocycles. The van der Waals surface area contributed by atoms with Crippen LogP contribution in [0, 0.1) is 5.92 Å². The molecule has 0 radical (unpaired) electrons. The molecule has 0 bridgehead atoms. The van der Waals surface area contributed by atoms with Gasteiger partial charge in [0.15, 0.2) is 0 Å². The van der Waals surface area contributed by atoms with E-state index in [0.29, 0.717) is 24.5 Å². The summed E-state index contributed by atoms with van der Waals surface area (Å²) in [6, 6.07) is 4.94. The van der Waals surface area contributed by atoms with Gasteiger partial charge in [-0.25, -0.2) is 23.4 Å². The van der Waals surface area contributed by atoms with E-state index in [-0.39, 0.29) is 17.7 Å². The van der Waals surface area contributed by atoms with Crippen molar-refractivity contribution < 1.29 is 8.42 Å². The summed E-state index contributed by atoms with van der Waals surface area (Å²) in [5, 5.41) is 10.6. The number of sulfone groups is 1. The molecule has 11 heteroatoms. The van der Waals surface area contributed by atoms with Crippen LogP contribution in [0.1, 0.15) is 51.1 Å². The Kier molecular flexibility index (Phi) is 5.95. The number of anilines is 3. The van der Waals surface area contributed by atoms with Crippen molar-refractivity contribution in [3.8, 4) is 10.6 Å². The van der Waals surface area contributed by atoms with Gasteiger partial charge in [0.2, 0.25) is 5.95 Å². The molecule has 1 aliphatic carbocycles. The average molecular weight is 538 g/mol. The van der Waals surface area contributed by atoms with E-state index in [4.69, 9.17) is 4.98 Å². The van der Waals surface area contributed by atoms with Crippen LogP contribution in [0.15, 0.2) is 36.9 Å². The van der Waals surface area contributed by atoms with E-state index in [1.807, 2.05) is 23.3 Å². The van der Waals surface area contributed by atoms with Crippen LogP contribution in [-0.2, 0) is 9.84 Å². The first-order chi connectivity index (χ1) is 17.7. The minimum absolute atomic E-state index is 0.133. The highest BCUT2D eigenvalue weighted by Crippen LogP contribution is 2.39. The number of nitrogens with zero attached hydrogens (tertiary/aromatic N) is 6. The molecule has 0 amide bonds. The van der Waals surface area contributed by atoms with Crippen molar-refractivity contribution in [1.29, 1.82) is 0 Å². The molecule has 1 aliphatic heterocycles. The first kappa shape index (κ1) is 24.3. The summed E-state index contributed by atoms with van der Waals surface area (Å²) in [4.78, 5) is 16.4. The van der Waals surface area contributed by atoms with Crippen LogP contribution in [0.5, 0.6) is 0 Å². The zero-order chi connectivity index (χ0) is 25.9. The second-order valence-electron chi connectivity index (χ2n) is 10.6. The standard InChI is InChI=1S/C26H31N7O2S2/c1-15(2)20-7-8-22(32-12-18(16(32)3)14-37(4,34)35)21-10-28-26(31-24(20)21)30-23-11-27-25(36-23)17-9-29-33(13-17)19-5-6-19/h7-11,13,15-16,18-19H,5-6,12,14H2,1-4H3,(H,28,30,31)/t16-,18-/m1/s1. The van der Waals surface area contributed by atoms with Crippen molar-refractivity contribution in [3.05, 3.63) is 42.5 Å². The maximum Gasteiger partial charge on any atom is 0.228 e. The first-order valence-corrected chi connectivity index (χ1v) is 15.6. The summed E-state index contributed by atoms with van der Waals surface area (Å²) in [6.45, 7) is 7.13. The summed E-state index contributed by atoms with van der Waals surface area (Å²) in [7, 11) is -3.00. The van der Waals surface area contributed by atoms with E-state index in [9.17, 15) is 8.42 Å². The fraction of sp³-hybridized carbons (Fsp3) is 0.462. The third kappa shape index (κ3) is 4.82. The van der Waals surface area contributed by atoms with E-state index in [1.54, 1.807) is 11.3 Å². The van der Waals surface area contributed by atoms with Gasteiger partial charge in [-0.15, -0.1) is 0 Å². The predicted octanol–water partition coefficient (Wildman–Crippen LogP) is 5.02. The largest absolute Gasteiger partial charge is 0.367 e. The molecule has 4 heterocycles. The van der Waals surface area contributed by atoms with Crippen LogP contribution in [0.25, 0.3) is 21.5 Å². The predicted molar refractivity (Wildman–Crippen MR) is 149 cm³/mol. The number of benzene rings is 1. The molecular weight excluding hydrogens is 506 g/mol. The lowest BCUT2D eigenvalue weighted by Gasteiger charge is -2.48. The molecule has 3 aromatic heterocycles. The highest BCUT2D eigenvalue weighted by molar-refractivity contribution is 7.90. The molecule has 37 heavy (non-hydrogen) atoms. The molecule has 1 saturated heterocycles. The summed E-state index contributed by atoms with van der Waals surface area (Å²) in [5.41, 5.74) is 4.15. The van der Waals surface area contributed by atoms with Crippen LogP contribution in [-0.4, -0.2) is 57.7 Å². The molecule has 4 aromatic rings. The van der Waals surface area contributed by atoms with Gasteiger partial charge in [0.05, 0.1) is 29.7 Å². The van der Waals surface area contributed by atoms with Crippen molar-refractivity contribution >= 4 is 48.7 Å². The molecule has 6 rings (SSSR count). The van der Waals surface area contributed by atoms with E-state index in [0.717, 1.165) is 37.7 Å². The average Bonchev–Trinajstić information content (AvgIpc) is 3.39. The van der Waals surface area contributed by atoms with Gasteiger partial charge in [0, 0.05) is 53.8 Å². The Balaban J connectivity index is 1.27. The molecule has 194 valence electrons. The fourth-order valence-corrected chi connectivity index (χ4v) is 7.00. The molecule has 2 atom stereocenters. The van der Waals surface area contributed by atoms with Crippen molar-refractivity contribution in [2.45, 2.75) is 51.6 Å². The third-order valence-corrected chi connectivity index (χ3v) is 9.32. The van der Waals surface area contributed by atoms with Crippen molar-refractivity contribution in [2.24, 2.45) is 5.92 Å². The number of hydrogen-bond acceptors (Lipinski definition) is 9. The van der Waals surface area contributed by atoms with Crippen LogP contribution in [0.3, 0.4) is 0 Å². The molecule has 2 aliphatic rings. The van der Waals surface area contributed by atoms with Crippen molar-refractivity contribution in [2.75, 3.05) is 28.8 Å². The Hall–Kier alpha value is -3.05. The molecule has 1 N–H and O–H groups in total. The minimum Gasteiger partial charge on any atom is -0.367 e. The number of fused-ring (bicyclic) bond motifs is 1. The monoisotopic (exact) mass is 537 g/mol. The van der Waals surface area contributed by atoms with Crippen LogP contribution in [0.4, 0.5) is 16.6 Å². The Bertz CT molecular complexity index is 1570. The smallest absolute Gasteiger partial charge is 0.228 e. The first-order valence-electron chi connectivity index (χ1n) is 12.7. The normalized spacial score (nSPS) is 20.0. The van der Waals surface area contributed by atoms with E-state index >= 15 is 0 Å². The van der Waals surface area contributed by atoms with Crippen molar-refractivity contribution in [3.63, 3.8) is 0 Å². The second kappa shape index (κ2) is 9.05. The van der Waals surface area contributed by atoms with Gasteiger partial charge in [-0.05, 0) is 37.3 Å². The maximum atomic E-state index is 11.8. The quantitative estimate of drug-likeness (QED) is 0.334. The molecule has 2 fully saturated rings. The molecular formula is C26H31N7O2S2. The summed E-state index contributed by atoms with van der Waals surface area (Å²) < 4.78 is 25.6. The highest BCUT2D eigenvalue weighted by atomic mass is 32.2. The van der Waals surface area contributed by atoms with Gasteiger partial charge in [0.25, 0.3) is 0 Å². The number of rotatable bonds is 8. The van der Waals surface area contributed by atoms with E-state index < -0.39 is 9.84 Å². The van der Waals surface area contributed by atoms with Gasteiger partial charge < -0.3 is 10.2 Å². The van der Waals surface area contributed by atoms with Crippen molar-refractivity contribution in [1.82, 2.24) is 24.7 Å². The lowest BCUT2D eigenvalue weighted by atomic mass is 9.89. The van der Waals surface area contributed by atoms with Gasteiger partial charge in [-0.1, -0.05) is 31.3 Å². The van der Waals surface area contributed by atoms with Gasteiger partial charge in [0.1, 0.15) is 19.8 Å². The maximum absolute atomic E-state index is 11.8. The van der Waals surface area contributed by atoms with E-state index in [2.05, 4.69) is 64.4 Å². The molecule has 0 unspecified atom stereocenters. The number of nitrogens with one attached hydrogen (secondary N) is 1. The van der Waals surface area contributed by atoms with E-state index in [1.165, 1.54) is 19.1 Å². The highest BCUT2D eigenvalue weighted by Gasteiger charge is 2.38. The number of aromatic nitrogens is 5. The minimum atomic E-state index is -3.00. The fourth-order valence-electron chi connectivity index (χ4n) is 5.05. The molecule has 0 spiro atoms. The summed E-state index contributed by atoms with van der Waals surface area (Å²) in [6.07, 6.45) is 11.3. The third-order valence-electron chi connectivity index (χ3n) is 7.32. The lowest BCUT2D eigenvalue weighted by molar-refractivity contribution is 0.342. The lowest BCUT2D eigenvalue weighted by Crippen LogP contribution is -2.57. The topological polar surface area (TPSA) is 106 Å². The van der Waals surface area contributed by atoms with Gasteiger partial charge >= 0.3 is 0 Å². The summed E-state index contributed by atoms with van der Waals surface area (Å²) >= 11 is 1.56. The summed E-state index contributed by atoms with van der Waals surface area (Å²) in [5.74, 6) is 1.18. The van der Waals surface area contributed by atoms with Gasteiger partial charge in [-0.3, -0.25) is 4.68 Å². The Morgan fingerprint density at radius 3 is 2.68 bits per heavy atom. The van der Waals surface area contributed by atoms with Crippen LogP contribution < -0.4 is 10.2 Å². The Labute approximate surface area is 220 Å². The zero-order valence-electron chi connectivity index (χ0n) is 21.4. The second-order valence-corrected chi connectivity index (χ2v) is 13.8. The number of hydrogen-bond donors (Lipinski definition) is 1. The van der Waals surface area contributed by atoms with Crippen LogP contribution >= 0.6 is 11.3 Å². The SMILES string of the molecule is CC(C)c1ccc(N2C[C@H](CS(C)(=O)=O)[C@H]2C)c2cnc(Nc3cnc(-c4cnn(C5CC5)c4)s3)nc12. The Morgan fingerprint density at radius 1 is 1.16 bits per heavy atom. The Morgan fingerprint density at radius 2 is 1.97 bits per heavy atom. The molecule has 1 aromatic carbocycles. The zero-order valence-corrected chi connectivity index (χ0v) is 23.1. The van der Waals surface area contributed by atoms with Crippen LogP contribution in [0.2, 0.25) is 0 Å². The van der Waals surface area contributed by atoms with Gasteiger partial charge in [-0.2, -0.15) is 5.10 Å². The number of thiazole rings is 1. The molecule has 9 nitrogen and oxygen atoms in total.